The van der Waals surface area contributed by atoms with E-state index in [1.807, 2.05) is 13.8 Å². The zero-order valence-electron chi connectivity index (χ0n) is 9.78. The SMILES string of the molecule is CCCS(=O)(=O)N(CC)CC(C)CC. The van der Waals surface area contributed by atoms with E-state index in [-0.39, 0.29) is 5.75 Å². The molecule has 3 nitrogen and oxygen atoms in total. The summed E-state index contributed by atoms with van der Waals surface area (Å²) in [5.41, 5.74) is 0. The van der Waals surface area contributed by atoms with Crippen molar-refractivity contribution in [3.63, 3.8) is 0 Å². The molecule has 0 aromatic heterocycles. The zero-order chi connectivity index (χ0) is 11.2. The van der Waals surface area contributed by atoms with Crippen LogP contribution in [0.3, 0.4) is 0 Å². The van der Waals surface area contributed by atoms with Gasteiger partial charge in [0.2, 0.25) is 10.0 Å². The van der Waals surface area contributed by atoms with Crippen molar-refractivity contribution >= 4 is 10.0 Å². The summed E-state index contributed by atoms with van der Waals surface area (Å²) in [7, 11) is -2.99. The monoisotopic (exact) mass is 221 g/mol. The predicted molar refractivity (Wildman–Crippen MR) is 60.8 cm³/mol. The molecule has 0 rings (SSSR count). The maximum absolute atomic E-state index is 11.7. The minimum atomic E-state index is -2.99. The maximum atomic E-state index is 11.7. The van der Waals surface area contributed by atoms with E-state index >= 15 is 0 Å². The Morgan fingerprint density at radius 1 is 1.21 bits per heavy atom. The number of hydrogen-bond acceptors (Lipinski definition) is 2. The van der Waals surface area contributed by atoms with E-state index in [0.717, 1.165) is 6.42 Å². The smallest absolute Gasteiger partial charge is 0.212 e. The van der Waals surface area contributed by atoms with E-state index in [2.05, 4.69) is 13.8 Å². The molecule has 0 aliphatic rings. The van der Waals surface area contributed by atoms with Crippen molar-refractivity contribution < 1.29 is 8.42 Å². The fourth-order valence-electron chi connectivity index (χ4n) is 1.30. The van der Waals surface area contributed by atoms with Crippen LogP contribution in [0.1, 0.15) is 40.5 Å². The first kappa shape index (κ1) is 13.9. The third kappa shape index (κ3) is 4.42. The molecule has 0 radical (unpaired) electrons. The molecule has 14 heavy (non-hydrogen) atoms. The van der Waals surface area contributed by atoms with Gasteiger partial charge in [-0.1, -0.05) is 34.1 Å². The van der Waals surface area contributed by atoms with E-state index < -0.39 is 10.0 Å². The minimum Gasteiger partial charge on any atom is -0.212 e. The van der Waals surface area contributed by atoms with E-state index in [1.165, 1.54) is 0 Å². The number of rotatable bonds is 7. The third-order valence-electron chi connectivity index (χ3n) is 2.42. The van der Waals surface area contributed by atoms with Gasteiger partial charge in [-0.05, 0) is 12.3 Å². The second kappa shape index (κ2) is 6.40. The minimum absolute atomic E-state index is 0.275. The molecule has 0 fully saturated rings. The topological polar surface area (TPSA) is 37.4 Å². The molecule has 0 saturated carbocycles. The molecular weight excluding hydrogens is 198 g/mol. The van der Waals surface area contributed by atoms with Crippen LogP contribution in [0.2, 0.25) is 0 Å². The van der Waals surface area contributed by atoms with E-state index in [1.54, 1.807) is 4.31 Å². The summed E-state index contributed by atoms with van der Waals surface area (Å²) in [6.45, 7) is 9.22. The van der Waals surface area contributed by atoms with Gasteiger partial charge in [-0.25, -0.2) is 12.7 Å². The quantitative estimate of drug-likeness (QED) is 0.660. The van der Waals surface area contributed by atoms with Gasteiger partial charge in [0.1, 0.15) is 0 Å². The van der Waals surface area contributed by atoms with Crippen LogP contribution in [0.15, 0.2) is 0 Å². The first-order valence-corrected chi connectivity index (χ1v) is 7.06. The Bertz CT molecular complexity index is 237. The van der Waals surface area contributed by atoms with Crippen LogP contribution in [0.4, 0.5) is 0 Å². The van der Waals surface area contributed by atoms with Gasteiger partial charge in [0, 0.05) is 13.1 Å². The summed E-state index contributed by atoms with van der Waals surface area (Å²) in [5, 5.41) is 0. The van der Waals surface area contributed by atoms with Crippen molar-refractivity contribution in [3.05, 3.63) is 0 Å². The maximum Gasteiger partial charge on any atom is 0.214 e. The van der Waals surface area contributed by atoms with Crippen molar-refractivity contribution in [1.29, 1.82) is 0 Å². The van der Waals surface area contributed by atoms with Gasteiger partial charge < -0.3 is 0 Å². The van der Waals surface area contributed by atoms with E-state index in [0.29, 0.717) is 25.4 Å². The highest BCUT2D eigenvalue weighted by atomic mass is 32.2. The van der Waals surface area contributed by atoms with Crippen LogP contribution in [-0.4, -0.2) is 31.6 Å². The number of sulfonamides is 1. The molecule has 1 unspecified atom stereocenters. The lowest BCUT2D eigenvalue weighted by atomic mass is 10.1. The van der Waals surface area contributed by atoms with Crippen LogP contribution >= 0.6 is 0 Å². The summed E-state index contributed by atoms with van der Waals surface area (Å²) >= 11 is 0. The van der Waals surface area contributed by atoms with Gasteiger partial charge in [0.25, 0.3) is 0 Å². The number of hydrogen-bond donors (Lipinski definition) is 0. The molecule has 0 N–H and O–H groups in total. The molecular formula is C10H23NO2S. The standard InChI is InChI=1S/C10H23NO2S/c1-5-8-14(12,13)11(7-3)9-10(4)6-2/h10H,5-9H2,1-4H3. The van der Waals surface area contributed by atoms with Crippen LogP contribution in [0, 0.1) is 5.92 Å². The Kier molecular flexibility index (Phi) is 6.36. The highest BCUT2D eigenvalue weighted by Gasteiger charge is 2.20. The lowest BCUT2D eigenvalue weighted by Crippen LogP contribution is -2.36. The van der Waals surface area contributed by atoms with Gasteiger partial charge in [-0.3, -0.25) is 0 Å². The molecule has 0 aliphatic carbocycles. The van der Waals surface area contributed by atoms with Crippen LogP contribution in [0.25, 0.3) is 0 Å². The predicted octanol–water partition coefficient (Wildman–Crippen LogP) is 2.09. The van der Waals surface area contributed by atoms with Gasteiger partial charge in [0.15, 0.2) is 0 Å². The highest BCUT2D eigenvalue weighted by molar-refractivity contribution is 7.89. The summed E-state index contributed by atoms with van der Waals surface area (Å²) < 4.78 is 25.1. The largest absolute Gasteiger partial charge is 0.214 e. The Labute approximate surface area is 88.5 Å². The fourth-order valence-corrected chi connectivity index (χ4v) is 2.95. The normalized spacial score (nSPS) is 14.6. The summed E-state index contributed by atoms with van der Waals surface area (Å²) in [6, 6.07) is 0. The number of nitrogens with zero attached hydrogens (tertiary/aromatic N) is 1. The Balaban J connectivity index is 4.40. The van der Waals surface area contributed by atoms with Crippen LogP contribution < -0.4 is 0 Å². The first-order chi connectivity index (χ1) is 6.47. The second-order valence-corrected chi connectivity index (χ2v) is 5.87. The zero-order valence-corrected chi connectivity index (χ0v) is 10.6. The molecule has 0 bridgehead atoms. The molecule has 1 atom stereocenters. The van der Waals surface area contributed by atoms with E-state index in [4.69, 9.17) is 0 Å². The molecule has 0 amide bonds. The van der Waals surface area contributed by atoms with Gasteiger partial charge in [-0.15, -0.1) is 0 Å². The van der Waals surface area contributed by atoms with Crippen LogP contribution in [0.5, 0.6) is 0 Å². The van der Waals surface area contributed by atoms with Crippen molar-refractivity contribution in [2.45, 2.75) is 40.5 Å². The average Bonchev–Trinajstić information content (AvgIpc) is 2.13. The van der Waals surface area contributed by atoms with Gasteiger partial charge in [0.05, 0.1) is 5.75 Å². The highest BCUT2D eigenvalue weighted by Crippen LogP contribution is 2.09. The molecule has 4 heteroatoms. The Morgan fingerprint density at radius 3 is 2.14 bits per heavy atom. The van der Waals surface area contributed by atoms with Crippen molar-refractivity contribution in [2.75, 3.05) is 18.8 Å². The summed E-state index contributed by atoms with van der Waals surface area (Å²) in [5.74, 6) is 0.721. The third-order valence-corrected chi connectivity index (χ3v) is 4.54. The molecule has 0 saturated heterocycles. The second-order valence-electron chi connectivity index (χ2n) is 3.78. The molecule has 0 aromatic rings. The van der Waals surface area contributed by atoms with Crippen LogP contribution in [-0.2, 0) is 10.0 Å². The lowest BCUT2D eigenvalue weighted by molar-refractivity contribution is 0.361. The van der Waals surface area contributed by atoms with E-state index in [9.17, 15) is 8.42 Å². The average molecular weight is 221 g/mol. The van der Waals surface area contributed by atoms with Crippen molar-refractivity contribution in [3.8, 4) is 0 Å². The molecule has 86 valence electrons. The Hall–Kier alpha value is -0.0900. The van der Waals surface area contributed by atoms with Gasteiger partial charge in [-0.2, -0.15) is 0 Å². The first-order valence-electron chi connectivity index (χ1n) is 5.45. The van der Waals surface area contributed by atoms with Crippen molar-refractivity contribution in [2.24, 2.45) is 5.92 Å². The summed E-state index contributed by atoms with van der Waals surface area (Å²) in [6.07, 6.45) is 1.72. The molecule has 0 aliphatic heterocycles. The molecule has 0 heterocycles. The fraction of sp³-hybridized carbons (Fsp3) is 1.00. The van der Waals surface area contributed by atoms with Gasteiger partial charge >= 0.3 is 0 Å². The Morgan fingerprint density at radius 2 is 1.79 bits per heavy atom. The molecule has 0 aromatic carbocycles. The molecule has 0 spiro atoms. The lowest BCUT2D eigenvalue weighted by Gasteiger charge is -2.23. The van der Waals surface area contributed by atoms with Crippen molar-refractivity contribution in [1.82, 2.24) is 4.31 Å². The summed E-state index contributed by atoms with van der Waals surface area (Å²) in [4.78, 5) is 0.